The Morgan fingerprint density at radius 2 is 1.96 bits per heavy atom. The summed E-state index contributed by atoms with van der Waals surface area (Å²) in [5.41, 5.74) is 1.26. The van der Waals surface area contributed by atoms with E-state index in [0.717, 1.165) is 10.9 Å². The van der Waals surface area contributed by atoms with Gasteiger partial charge in [-0.05, 0) is 54.3 Å². The fraction of sp³-hybridized carbons (Fsp3) is 0.200. The lowest BCUT2D eigenvalue weighted by atomic mass is 10.1. The van der Waals surface area contributed by atoms with Gasteiger partial charge < -0.3 is 14.0 Å². The van der Waals surface area contributed by atoms with Crippen molar-refractivity contribution in [2.75, 3.05) is 13.7 Å². The van der Waals surface area contributed by atoms with Gasteiger partial charge in [0.05, 0.1) is 25.8 Å². The number of esters is 1. The topological polar surface area (TPSA) is 57.5 Å². The highest BCUT2D eigenvalue weighted by molar-refractivity contribution is 5.89. The molecule has 3 aromatic rings. The van der Waals surface area contributed by atoms with E-state index in [1.165, 1.54) is 0 Å². The molecule has 0 aliphatic rings. The highest BCUT2D eigenvalue weighted by Gasteiger charge is 2.09. The first-order chi connectivity index (χ1) is 12.1. The Morgan fingerprint density at radius 3 is 2.72 bits per heavy atom. The van der Waals surface area contributed by atoms with E-state index in [4.69, 9.17) is 9.47 Å². The van der Waals surface area contributed by atoms with Crippen LogP contribution in [0, 0.1) is 0 Å². The largest absolute Gasteiger partial charge is 0.497 e. The van der Waals surface area contributed by atoms with Crippen molar-refractivity contribution in [3.05, 3.63) is 76.2 Å². The molecule has 0 unspecified atom stereocenters. The summed E-state index contributed by atoms with van der Waals surface area (Å²) >= 11 is 0. The molecular formula is C20H19NO4. The number of fused-ring (bicyclic) bond motifs is 1. The second-order valence-corrected chi connectivity index (χ2v) is 5.62. The Labute approximate surface area is 145 Å². The van der Waals surface area contributed by atoms with Crippen LogP contribution in [0.5, 0.6) is 5.75 Å². The van der Waals surface area contributed by atoms with E-state index < -0.39 is 0 Å². The van der Waals surface area contributed by atoms with Gasteiger partial charge in [-0.15, -0.1) is 0 Å². The van der Waals surface area contributed by atoms with Crippen LogP contribution < -0.4 is 10.3 Å². The average Bonchev–Trinajstić information content (AvgIpc) is 2.64. The number of carbonyl (C=O) groups excluding carboxylic acids is 1. The summed E-state index contributed by atoms with van der Waals surface area (Å²) in [4.78, 5) is 24.5. The van der Waals surface area contributed by atoms with Crippen LogP contribution >= 0.6 is 0 Å². The number of hydrogen-bond donors (Lipinski definition) is 0. The van der Waals surface area contributed by atoms with E-state index in [1.54, 1.807) is 55.1 Å². The molecule has 0 saturated heterocycles. The van der Waals surface area contributed by atoms with Crippen LogP contribution in [0.4, 0.5) is 0 Å². The number of methoxy groups -OCH3 is 1. The van der Waals surface area contributed by atoms with Gasteiger partial charge in [-0.25, -0.2) is 4.79 Å². The minimum Gasteiger partial charge on any atom is -0.497 e. The molecule has 128 valence electrons. The summed E-state index contributed by atoms with van der Waals surface area (Å²) in [7, 11) is 1.60. The van der Waals surface area contributed by atoms with Gasteiger partial charge in [0.2, 0.25) is 0 Å². The Kier molecular flexibility index (Phi) is 4.84. The molecule has 0 N–H and O–H groups in total. The first-order valence-corrected chi connectivity index (χ1v) is 8.05. The molecule has 0 saturated carbocycles. The maximum absolute atomic E-state index is 12.7. The number of rotatable bonds is 5. The third-order valence-corrected chi connectivity index (χ3v) is 3.98. The molecule has 0 aliphatic heterocycles. The quantitative estimate of drug-likeness (QED) is 0.671. The Hall–Kier alpha value is -3.08. The van der Waals surface area contributed by atoms with Gasteiger partial charge in [-0.3, -0.25) is 4.79 Å². The van der Waals surface area contributed by atoms with Crippen LogP contribution in [0.1, 0.15) is 22.8 Å². The zero-order valence-corrected chi connectivity index (χ0v) is 14.2. The number of pyridine rings is 1. The Balaban J connectivity index is 1.93. The molecule has 0 fully saturated rings. The molecule has 0 bridgehead atoms. The van der Waals surface area contributed by atoms with E-state index in [0.29, 0.717) is 29.9 Å². The summed E-state index contributed by atoms with van der Waals surface area (Å²) in [6.45, 7) is 2.48. The van der Waals surface area contributed by atoms with Crippen LogP contribution in [0.25, 0.3) is 10.8 Å². The standard InChI is InChI=1S/C20H19NO4/c1-3-25-20(23)16-6-4-5-14(11-16)13-21-10-9-15-12-17(24-2)7-8-18(15)19(21)22/h4-12H,3,13H2,1-2H3. The van der Waals surface area contributed by atoms with Crippen molar-refractivity contribution in [3.8, 4) is 5.75 Å². The molecule has 2 aromatic carbocycles. The van der Waals surface area contributed by atoms with Crippen LogP contribution in [-0.4, -0.2) is 24.3 Å². The van der Waals surface area contributed by atoms with E-state index >= 15 is 0 Å². The molecule has 0 spiro atoms. The SMILES string of the molecule is CCOC(=O)c1cccc(Cn2ccc3cc(OC)ccc3c2=O)c1. The van der Waals surface area contributed by atoms with Gasteiger partial charge in [0, 0.05) is 11.6 Å². The van der Waals surface area contributed by atoms with Crippen LogP contribution in [-0.2, 0) is 11.3 Å². The normalized spacial score (nSPS) is 10.6. The maximum atomic E-state index is 12.7. The first kappa shape index (κ1) is 16.8. The van der Waals surface area contributed by atoms with Gasteiger partial charge in [0.25, 0.3) is 5.56 Å². The molecule has 3 rings (SSSR count). The first-order valence-electron chi connectivity index (χ1n) is 8.05. The highest BCUT2D eigenvalue weighted by atomic mass is 16.5. The lowest BCUT2D eigenvalue weighted by molar-refractivity contribution is 0.0526. The van der Waals surface area contributed by atoms with Crippen molar-refractivity contribution in [2.45, 2.75) is 13.5 Å². The summed E-state index contributed by atoms with van der Waals surface area (Å²) in [5, 5.41) is 1.46. The molecule has 5 nitrogen and oxygen atoms in total. The fourth-order valence-electron chi connectivity index (χ4n) is 2.73. The second kappa shape index (κ2) is 7.21. The number of nitrogens with zero attached hydrogens (tertiary/aromatic N) is 1. The summed E-state index contributed by atoms with van der Waals surface area (Å²) in [5.74, 6) is 0.356. The monoisotopic (exact) mass is 337 g/mol. The Bertz CT molecular complexity index is 975. The molecule has 0 radical (unpaired) electrons. The van der Waals surface area contributed by atoms with Crippen molar-refractivity contribution < 1.29 is 14.3 Å². The molecular weight excluding hydrogens is 318 g/mol. The predicted octanol–water partition coefficient (Wildman–Crippen LogP) is 3.24. The maximum Gasteiger partial charge on any atom is 0.338 e. The van der Waals surface area contributed by atoms with Crippen molar-refractivity contribution in [1.29, 1.82) is 0 Å². The fourth-order valence-corrected chi connectivity index (χ4v) is 2.73. The Morgan fingerprint density at radius 1 is 1.12 bits per heavy atom. The number of hydrogen-bond acceptors (Lipinski definition) is 4. The van der Waals surface area contributed by atoms with Crippen molar-refractivity contribution >= 4 is 16.7 Å². The van der Waals surface area contributed by atoms with E-state index in [1.807, 2.05) is 18.2 Å². The second-order valence-electron chi connectivity index (χ2n) is 5.62. The van der Waals surface area contributed by atoms with Crippen molar-refractivity contribution in [1.82, 2.24) is 4.57 Å². The van der Waals surface area contributed by atoms with Gasteiger partial charge in [0.1, 0.15) is 5.75 Å². The average molecular weight is 337 g/mol. The van der Waals surface area contributed by atoms with Gasteiger partial charge in [-0.2, -0.15) is 0 Å². The van der Waals surface area contributed by atoms with E-state index in [2.05, 4.69) is 0 Å². The van der Waals surface area contributed by atoms with Crippen LogP contribution in [0.3, 0.4) is 0 Å². The molecule has 0 atom stereocenters. The minimum absolute atomic E-state index is 0.0818. The lowest BCUT2D eigenvalue weighted by Crippen LogP contribution is -2.20. The summed E-state index contributed by atoms with van der Waals surface area (Å²) in [6.07, 6.45) is 1.75. The number of aromatic nitrogens is 1. The van der Waals surface area contributed by atoms with Crippen molar-refractivity contribution in [2.24, 2.45) is 0 Å². The predicted molar refractivity (Wildman–Crippen MR) is 96.3 cm³/mol. The van der Waals surface area contributed by atoms with Crippen molar-refractivity contribution in [3.63, 3.8) is 0 Å². The third kappa shape index (κ3) is 3.55. The van der Waals surface area contributed by atoms with Crippen LogP contribution in [0.15, 0.2) is 59.5 Å². The minimum atomic E-state index is -0.359. The smallest absolute Gasteiger partial charge is 0.338 e. The molecule has 1 heterocycles. The molecule has 5 heteroatoms. The lowest BCUT2D eigenvalue weighted by Gasteiger charge is -2.09. The number of carbonyl (C=O) groups is 1. The zero-order chi connectivity index (χ0) is 17.8. The van der Waals surface area contributed by atoms with E-state index in [-0.39, 0.29) is 11.5 Å². The summed E-state index contributed by atoms with van der Waals surface area (Å²) < 4.78 is 11.8. The number of benzene rings is 2. The van der Waals surface area contributed by atoms with Gasteiger partial charge in [0.15, 0.2) is 0 Å². The van der Waals surface area contributed by atoms with Gasteiger partial charge >= 0.3 is 5.97 Å². The summed E-state index contributed by atoms with van der Waals surface area (Å²) in [6, 6.07) is 14.4. The molecule has 25 heavy (non-hydrogen) atoms. The molecule has 1 aromatic heterocycles. The zero-order valence-electron chi connectivity index (χ0n) is 14.2. The van der Waals surface area contributed by atoms with Gasteiger partial charge in [-0.1, -0.05) is 12.1 Å². The van der Waals surface area contributed by atoms with Crippen LogP contribution in [0.2, 0.25) is 0 Å². The molecule has 0 aliphatic carbocycles. The highest BCUT2D eigenvalue weighted by Crippen LogP contribution is 2.18. The third-order valence-electron chi connectivity index (χ3n) is 3.98. The van der Waals surface area contributed by atoms with E-state index in [9.17, 15) is 9.59 Å². The molecule has 0 amide bonds. The number of ether oxygens (including phenoxy) is 2.